The van der Waals surface area contributed by atoms with E-state index in [2.05, 4.69) is 15.5 Å². The number of aryl methyl sites for hydroxylation is 1. The van der Waals surface area contributed by atoms with Gasteiger partial charge in [0.15, 0.2) is 0 Å². The highest BCUT2D eigenvalue weighted by Crippen LogP contribution is 2.19. The van der Waals surface area contributed by atoms with Gasteiger partial charge in [-0.05, 0) is 31.4 Å². The van der Waals surface area contributed by atoms with Crippen molar-refractivity contribution in [2.45, 2.75) is 31.8 Å². The molecule has 0 bridgehead atoms. The third-order valence-electron chi connectivity index (χ3n) is 3.47. The maximum absolute atomic E-state index is 11.9. The van der Waals surface area contributed by atoms with Crippen LogP contribution in [0.15, 0.2) is 30.3 Å². The number of ether oxygens (including phenoxy) is 2. The summed E-state index contributed by atoms with van der Waals surface area (Å²) in [6.07, 6.45) is 2.99. The van der Waals surface area contributed by atoms with Crippen molar-refractivity contribution in [3.8, 4) is 5.75 Å². The Hall–Kier alpha value is -1.99. The van der Waals surface area contributed by atoms with Crippen LogP contribution >= 0.6 is 11.3 Å². The summed E-state index contributed by atoms with van der Waals surface area (Å²) in [5.74, 6) is 0.742. The van der Waals surface area contributed by atoms with E-state index in [1.807, 2.05) is 30.3 Å². The first-order valence-electron chi connectivity index (χ1n) is 7.74. The van der Waals surface area contributed by atoms with Gasteiger partial charge in [0.2, 0.25) is 5.13 Å². The molecule has 1 saturated heterocycles. The zero-order chi connectivity index (χ0) is 15.9. The minimum Gasteiger partial charge on any atom is -0.494 e. The molecule has 0 unspecified atom stereocenters. The smallest absolute Gasteiger partial charge is 0.255 e. The van der Waals surface area contributed by atoms with Gasteiger partial charge in [-0.2, -0.15) is 0 Å². The third-order valence-corrected chi connectivity index (χ3v) is 4.36. The molecule has 1 atom stereocenters. The number of rotatable bonds is 7. The van der Waals surface area contributed by atoms with Crippen LogP contribution in [0.3, 0.4) is 0 Å². The van der Waals surface area contributed by atoms with Crippen LogP contribution in [0.4, 0.5) is 5.13 Å². The van der Waals surface area contributed by atoms with Crippen LogP contribution in [0.5, 0.6) is 5.75 Å². The molecule has 1 aromatic heterocycles. The molecule has 1 aliphatic heterocycles. The van der Waals surface area contributed by atoms with Crippen LogP contribution in [0.2, 0.25) is 0 Å². The van der Waals surface area contributed by atoms with Crippen LogP contribution in [0, 0.1) is 0 Å². The molecule has 1 aliphatic rings. The molecule has 23 heavy (non-hydrogen) atoms. The second-order valence-corrected chi connectivity index (χ2v) is 6.32. The van der Waals surface area contributed by atoms with Crippen LogP contribution in [-0.4, -0.2) is 35.4 Å². The fourth-order valence-corrected chi connectivity index (χ4v) is 3.09. The molecule has 0 saturated carbocycles. The monoisotopic (exact) mass is 333 g/mol. The lowest BCUT2D eigenvalue weighted by atomic mass is 10.2. The number of hydrogen-bond donors (Lipinski definition) is 1. The maximum Gasteiger partial charge on any atom is 0.255 e. The number of hydrogen-bond acceptors (Lipinski definition) is 6. The Bertz CT molecular complexity index is 627. The molecule has 1 amide bonds. The topological polar surface area (TPSA) is 73.3 Å². The molecule has 122 valence electrons. The van der Waals surface area contributed by atoms with E-state index in [0.29, 0.717) is 18.3 Å². The number of aromatic nitrogens is 2. The van der Waals surface area contributed by atoms with Crippen LogP contribution < -0.4 is 10.1 Å². The number of carbonyl (C=O) groups is 1. The predicted molar refractivity (Wildman–Crippen MR) is 87.8 cm³/mol. The van der Waals surface area contributed by atoms with Gasteiger partial charge in [-0.25, -0.2) is 0 Å². The van der Waals surface area contributed by atoms with E-state index in [0.717, 1.165) is 36.4 Å². The fourth-order valence-electron chi connectivity index (χ4n) is 2.31. The van der Waals surface area contributed by atoms with Gasteiger partial charge < -0.3 is 9.47 Å². The highest BCUT2D eigenvalue weighted by molar-refractivity contribution is 7.15. The largest absolute Gasteiger partial charge is 0.494 e. The van der Waals surface area contributed by atoms with Gasteiger partial charge in [0, 0.05) is 13.0 Å². The molecular formula is C16H19N3O3S. The lowest BCUT2D eigenvalue weighted by Crippen LogP contribution is -2.26. The van der Waals surface area contributed by atoms with Crippen LogP contribution in [0.25, 0.3) is 0 Å². The standard InChI is InChI=1S/C16H19N3O3S/c20-15(13-8-4-11-22-13)17-16-19-18-14(23-16)9-5-10-21-12-6-2-1-3-7-12/h1-3,6-7,13H,4-5,8-11H2,(H,17,19,20)/t13-/m0/s1. The number of nitrogens with zero attached hydrogens (tertiary/aromatic N) is 2. The van der Waals surface area contributed by atoms with Gasteiger partial charge in [-0.15, -0.1) is 10.2 Å². The lowest BCUT2D eigenvalue weighted by molar-refractivity contribution is -0.124. The minimum atomic E-state index is -0.346. The zero-order valence-electron chi connectivity index (χ0n) is 12.7. The number of amides is 1. The van der Waals surface area contributed by atoms with E-state index in [4.69, 9.17) is 9.47 Å². The SMILES string of the molecule is O=C(Nc1nnc(CCCOc2ccccc2)s1)[C@@H]1CCCO1. The van der Waals surface area contributed by atoms with E-state index in [-0.39, 0.29) is 12.0 Å². The second-order valence-electron chi connectivity index (χ2n) is 5.26. The highest BCUT2D eigenvalue weighted by Gasteiger charge is 2.24. The van der Waals surface area contributed by atoms with Crippen molar-refractivity contribution in [1.29, 1.82) is 0 Å². The summed E-state index contributed by atoms with van der Waals surface area (Å²) in [7, 11) is 0. The maximum atomic E-state index is 11.9. The summed E-state index contributed by atoms with van der Waals surface area (Å²) in [4.78, 5) is 11.9. The molecule has 2 aromatic rings. The highest BCUT2D eigenvalue weighted by atomic mass is 32.1. The van der Waals surface area contributed by atoms with Gasteiger partial charge in [0.05, 0.1) is 6.61 Å². The van der Waals surface area contributed by atoms with Crippen molar-refractivity contribution in [2.75, 3.05) is 18.5 Å². The van der Waals surface area contributed by atoms with Crippen molar-refractivity contribution >= 4 is 22.4 Å². The molecule has 2 heterocycles. The Morgan fingerprint density at radius 1 is 1.35 bits per heavy atom. The first kappa shape index (κ1) is 15.9. The number of carbonyl (C=O) groups excluding carboxylic acids is 1. The van der Waals surface area contributed by atoms with Crippen LogP contribution in [0.1, 0.15) is 24.3 Å². The van der Waals surface area contributed by atoms with Gasteiger partial charge in [0.1, 0.15) is 16.9 Å². The molecule has 0 aliphatic carbocycles. The minimum absolute atomic E-state index is 0.127. The summed E-state index contributed by atoms with van der Waals surface area (Å²) >= 11 is 1.40. The summed E-state index contributed by atoms with van der Waals surface area (Å²) in [5, 5.41) is 12.3. The number of benzene rings is 1. The zero-order valence-corrected chi connectivity index (χ0v) is 13.6. The Kier molecular flexibility index (Phi) is 5.55. The summed E-state index contributed by atoms with van der Waals surface area (Å²) in [6.45, 7) is 1.28. The molecule has 3 rings (SSSR count). The molecular weight excluding hydrogens is 314 g/mol. The van der Waals surface area contributed by atoms with Crippen molar-refractivity contribution in [1.82, 2.24) is 10.2 Å². The van der Waals surface area contributed by atoms with Crippen LogP contribution in [-0.2, 0) is 16.0 Å². The molecule has 1 fully saturated rings. The van der Waals surface area contributed by atoms with E-state index in [9.17, 15) is 4.79 Å². The van der Waals surface area contributed by atoms with E-state index in [1.54, 1.807) is 0 Å². The van der Waals surface area contributed by atoms with E-state index >= 15 is 0 Å². The lowest BCUT2D eigenvalue weighted by Gasteiger charge is -2.07. The van der Waals surface area contributed by atoms with Gasteiger partial charge in [-0.1, -0.05) is 29.5 Å². The average molecular weight is 333 g/mol. The number of nitrogens with one attached hydrogen (secondary N) is 1. The summed E-state index contributed by atoms with van der Waals surface area (Å²) in [6, 6.07) is 9.72. The first-order chi connectivity index (χ1) is 11.3. The quantitative estimate of drug-likeness (QED) is 0.789. The van der Waals surface area contributed by atoms with Gasteiger partial charge in [0.25, 0.3) is 5.91 Å². The molecule has 0 spiro atoms. The average Bonchev–Trinajstić information content (AvgIpc) is 3.24. The summed E-state index contributed by atoms with van der Waals surface area (Å²) in [5.41, 5.74) is 0. The van der Waals surface area contributed by atoms with E-state index in [1.165, 1.54) is 11.3 Å². The molecule has 1 N–H and O–H groups in total. The van der Waals surface area contributed by atoms with Crippen molar-refractivity contribution in [3.63, 3.8) is 0 Å². The molecule has 7 heteroatoms. The van der Waals surface area contributed by atoms with E-state index < -0.39 is 0 Å². The Morgan fingerprint density at radius 3 is 3.00 bits per heavy atom. The Labute approximate surface area is 138 Å². The van der Waals surface area contributed by atoms with Gasteiger partial charge >= 0.3 is 0 Å². The molecule has 0 radical (unpaired) electrons. The van der Waals surface area contributed by atoms with Crippen molar-refractivity contribution in [2.24, 2.45) is 0 Å². The van der Waals surface area contributed by atoms with Crippen molar-refractivity contribution < 1.29 is 14.3 Å². The fraction of sp³-hybridized carbons (Fsp3) is 0.438. The summed E-state index contributed by atoms with van der Waals surface area (Å²) < 4.78 is 11.0. The molecule has 1 aromatic carbocycles. The number of anilines is 1. The normalized spacial score (nSPS) is 17.1. The van der Waals surface area contributed by atoms with Crippen molar-refractivity contribution in [3.05, 3.63) is 35.3 Å². The second kappa shape index (κ2) is 8.03. The Balaban J connectivity index is 1.39. The Morgan fingerprint density at radius 2 is 2.22 bits per heavy atom. The predicted octanol–water partition coefficient (Wildman–Crippen LogP) is 2.67. The first-order valence-corrected chi connectivity index (χ1v) is 8.55. The van der Waals surface area contributed by atoms with Gasteiger partial charge in [-0.3, -0.25) is 10.1 Å². The molecule has 6 nitrogen and oxygen atoms in total. The number of para-hydroxylation sites is 1. The third kappa shape index (κ3) is 4.74.